The van der Waals surface area contributed by atoms with Crippen molar-refractivity contribution in [2.24, 2.45) is 0 Å². The summed E-state index contributed by atoms with van der Waals surface area (Å²) < 4.78 is 32.3. The van der Waals surface area contributed by atoms with Gasteiger partial charge >= 0.3 is 0 Å². The average Bonchev–Trinajstić information content (AvgIpc) is 3.38. The third-order valence-electron chi connectivity index (χ3n) is 3.99. The van der Waals surface area contributed by atoms with Crippen molar-refractivity contribution >= 4 is 56.1 Å². The minimum Gasteiger partial charge on any atom is -0.428 e. The second-order valence-corrected chi connectivity index (χ2v) is 10.5. The summed E-state index contributed by atoms with van der Waals surface area (Å²) in [7, 11) is -3.88. The number of thioether (sulfide) groups is 1. The Bertz CT molecular complexity index is 1230. The summed E-state index contributed by atoms with van der Waals surface area (Å²) in [4.78, 5) is 5.18. The monoisotopic (exact) mass is 481 g/mol. The highest BCUT2D eigenvalue weighted by atomic mass is 35.5. The lowest BCUT2D eigenvalue weighted by Crippen LogP contribution is -2.03. The maximum atomic E-state index is 13.2. The van der Waals surface area contributed by atoms with Crippen LogP contribution in [0.3, 0.4) is 0 Å². The minimum atomic E-state index is -3.88. The molecule has 0 aliphatic heterocycles. The first kappa shape index (κ1) is 20.5. The van der Waals surface area contributed by atoms with E-state index in [1.54, 1.807) is 6.07 Å². The molecule has 4 nitrogen and oxygen atoms in total. The van der Waals surface area contributed by atoms with Crippen LogP contribution < -0.4 is 0 Å². The summed E-state index contributed by atoms with van der Waals surface area (Å²) in [6, 6.07) is 17.1. The van der Waals surface area contributed by atoms with Crippen molar-refractivity contribution in [2.75, 3.05) is 0 Å². The van der Waals surface area contributed by atoms with Gasteiger partial charge in [-0.3, -0.25) is 0 Å². The second-order valence-electron chi connectivity index (χ2n) is 5.93. The number of halogens is 2. The molecule has 4 rings (SSSR count). The molecule has 148 valence electrons. The van der Waals surface area contributed by atoms with Crippen LogP contribution in [0.25, 0.3) is 10.8 Å². The Morgan fingerprint density at radius 3 is 2.45 bits per heavy atom. The molecule has 2 aromatic heterocycles. The van der Waals surface area contributed by atoms with Crippen molar-refractivity contribution in [1.82, 2.24) is 4.98 Å². The number of hydrogen-bond donors (Lipinski definition) is 0. The highest BCUT2D eigenvalue weighted by Crippen LogP contribution is 2.38. The lowest BCUT2D eigenvalue weighted by atomic mass is 10.2. The van der Waals surface area contributed by atoms with Gasteiger partial charge in [0.25, 0.3) is 0 Å². The number of oxazole rings is 1. The van der Waals surface area contributed by atoms with Gasteiger partial charge in [0.15, 0.2) is 0 Å². The third-order valence-corrected chi connectivity index (χ3v) is 8.27. The zero-order valence-corrected chi connectivity index (χ0v) is 18.7. The SMILES string of the molecule is O=S(=O)(c1ccc(Cl)cc1)c1nc(-c2cccs2)oc1SCc1ccccc1Cl. The zero-order valence-electron chi connectivity index (χ0n) is 14.7. The number of sulfone groups is 1. The molecule has 0 bridgehead atoms. The fourth-order valence-corrected chi connectivity index (χ4v) is 6.13. The molecule has 29 heavy (non-hydrogen) atoms. The van der Waals surface area contributed by atoms with Crippen molar-refractivity contribution in [3.63, 3.8) is 0 Å². The molecular formula is C20H13Cl2NO3S3. The van der Waals surface area contributed by atoms with Gasteiger partial charge in [-0.1, -0.05) is 59.2 Å². The predicted octanol–water partition coefficient (Wildman–Crippen LogP) is 6.84. The molecule has 0 N–H and O–H groups in total. The smallest absolute Gasteiger partial charge is 0.238 e. The lowest BCUT2D eigenvalue weighted by Gasteiger charge is -2.05. The first-order valence-corrected chi connectivity index (χ1v) is 12.5. The van der Waals surface area contributed by atoms with Gasteiger partial charge in [0.05, 0.1) is 9.77 Å². The molecule has 0 atom stereocenters. The summed E-state index contributed by atoms with van der Waals surface area (Å²) in [5.74, 6) is 0.719. The van der Waals surface area contributed by atoms with Crippen molar-refractivity contribution in [3.8, 4) is 10.8 Å². The van der Waals surface area contributed by atoms with Gasteiger partial charge in [0.1, 0.15) is 0 Å². The van der Waals surface area contributed by atoms with Crippen LogP contribution >= 0.6 is 46.3 Å². The normalized spacial score (nSPS) is 11.7. The first-order chi connectivity index (χ1) is 13.9. The maximum absolute atomic E-state index is 13.2. The zero-order chi connectivity index (χ0) is 20.4. The lowest BCUT2D eigenvalue weighted by molar-refractivity contribution is 0.471. The van der Waals surface area contributed by atoms with Crippen LogP contribution in [-0.4, -0.2) is 13.4 Å². The Hall–Kier alpha value is -1.77. The van der Waals surface area contributed by atoms with Crippen LogP contribution in [0.4, 0.5) is 0 Å². The molecule has 0 aliphatic carbocycles. The van der Waals surface area contributed by atoms with Gasteiger partial charge in [0.2, 0.25) is 25.8 Å². The first-order valence-electron chi connectivity index (χ1n) is 8.37. The summed E-state index contributed by atoms with van der Waals surface area (Å²) >= 11 is 14.8. The van der Waals surface area contributed by atoms with E-state index in [9.17, 15) is 8.42 Å². The average molecular weight is 482 g/mol. The molecular weight excluding hydrogens is 469 g/mol. The summed E-state index contributed by atoms with van der Waals surface area (Å²) in [6.07, 6.45) is 0. The van der Waals surface area contributed by atoms with E-state index in [1.165, 1.54) is 47.4 Å². The van der Waals surface area contributed by atoms with Gasteiger partial charge in [-0.2, -0.15) is 4.98 Å². The number of hydrogen-bond acceptors (Lipinski definition) is 6. The second kappa shape index (κ2) is 8.53. The molecule has 0 unspecified atom stereocenters. The van der Waals surface area contributed by atoms with Crippen LogP contribution in [0, 0.1) is 0 Å². The van der Waals surface area contributed by atoms with Crippen molar-refractivity contribution in [3.05, 3.63) is 81.7 Å². The van der Waals surface area contributed by atoms with Gasteiger partial charge in [-0.05, 0) is 47.3 Å². The summed E-state index contributed by atoms with van der Waals surface area (Å²) in [5, 5.41) is 3.06. The van der Waals surface area contributed by atoms with Crippen molar-refractivity contribution in [1.29, 1.82) is 0 Å². The Kier molecular flexibility index (Phi) is 6.03. The summed E-state index contributed by atoms with van der Waals surface area (Å²) in [5.41, 5.74) is 0.878. The van der Waals surface area contributed by atoms with Gasteiger partial charge in [0, 0.05) is 15.8 Å². The standard InChI is InChI=1S/C20H13Cl2NO3S3/c21-14-7-9-15(10-8-14)29(24,25)19-20(26-18(23-19)17-6-3-11-27-17)28-12-13-4-1-2-5-16(13)22/h1-11H,12H2. The highest BCUT2D eigenvalue weighted by Gasteiger charge is 2.29. The summed E-state index contributed by atoms with van der Waals surface area (Å²) in [6.45, 7) is 0. The molecule has 0 spiro atoms. The molecule has 0 saturated carbocycles. The van der Waals surface area contributed by atoms with E-state index in [0.29, 0.717) is 15.8 Å². The fourth-order valence-electron chi connectivity index (χ4n) is 2.54. The number of rotatable bonds is 6. The van der Waals surface area contributed by atoms with Gasteiger partial charge in [-0.15, -0.1) is 11.3 Å². The molecule has 0 amide bonds. The maximum Gasteiger partial charge on any atom is 0.238 e. The van der Waals surface area contributed by atoms with Crippen LogP contribution in [0.15, 0.2) is 85.5 Å². The Morgan fingerprint density at radius 1 is 1.00 bits per heavy atom. The quantitative estimate of drug-likeness (QED) is 0.282. The predicted molar refractivity (Wildman–Crippen MR) is 118 cm³/mol. The topological polar surface area (TPSA) is 60.2 Å². The van der Waals surface area contributed by atoms with E-state index in [4.69, 9.17) is 27.6 Å². The number of thiophene rings is 1. The number of benzene rings is 2. The van der Waals surface area contributed by atoms with E-state index in [2.05, 4.69) is 4.98 Å². The molecule has 9 heteroatoms. The Morgan fingerprint density at radius 2 is 1.76 bits per heavy atom. The Labute approximate surface area is 186 Å². The van der Waals surface area contributed by atoms with E-state index in [0.717, 1.165) is 10.4 Å². The minimum absolute atomic E-state index is 0.104. The van der Waals surface area contributed by atoms with E-state index in [1.807, 2.05) is 35.7 Å². The van der Waals surface area contributed by atoms with Crippen LogP contribution in [0.5, 0.6) is 0 Å². The van der Waals surface area contributed by atoms with Crippen molar-refractivity contribution in [2.45, 2.75) is 20.8 Å². The third kappa shape index (κ3) is 4.39. The Balaban J connectivity index is 1.75. The van der Waals surface area contributed by atoms with Crippen LogP contribution in [-0.2, 0) is 15.6 Å². The van der Waals surface area contributed by atoms with Crippen LogP contribution in [0.1, 0.15) is 5.56 Å². The molecule has 2 heterocycles. The number of nitrogens with zero attached hydrogens (tertiary/aromatic N) is 1. The van der Waals surface area contributed by atoms with E-state index in [-0.39, 0.29) is 20.9 Å². The molecule has 0 aliphatic rings. The van der Waals surface area contributed by atoms with Gasteiger partial charge in [-0.25, -0.2) is 8.42 Å². The molecule has 0 radical (unpaired) electrons. The largest absolute Gasteiger partial charge is 0.428 e. The molecule has 2 aromatic carbocycles. The van der Waals surface area contributed by atoms with Crippen molar-refractivity contribution < 1.29 is 12.8 Å². The van der Waals surface area contributed by atoms with Crippen LogP contribution in [0.2, 0.25) is 10.0 Å². The van der Waals surface area contributed by atoms with E-state index < -0.39 is 9.84 Å². The fraction of sp³-hybridized carbons (Fsp3) is 0.0500. The molecule has 0 saturated heterocycles. The number of aromatic nitrogens is 1. The van der Waals surface area contributed by atoms with E-state index >= 15 is 0 Å². The molecule has 4 aromatic rings. The molecule has 0 fully saturated rings. The van der Waals surface area contributed by atoms with Gasteiger partial charge < -0.3 is 4.42 Å². The highest BCUT2D eigenvalue weighted by molar-refractivity contribution is 7.99.